The minimum atomic E-state index is -3.59. The van der Waals surface area contributed by atoms with Crippen LogP contribution < -0.4 is 5.73 Å². The van der Waals surface area contributed by atoms with Crippen LogP contribution in [0.4, 0.5) is 0 Å². The number of nitrogens with zero attached hydrogens (tertiary/aromatic N) is 2. The second-order valence-electron chi connectivity index (χ2n) is 5.69. The van der Waals surface area contributed by atoms with Crippen molar-refractivity contribution in [2.24, 2.45) is 5.73 Å². The maximum atomic E-state index is 12.6. The summed E-state index contributed by atoms with van der Waals surface area (Å²) in [4.78, 5) is 4.02. The zero-order valence-electron chi connectivity index (χ0n) is 12.0. The molecule has 2 rings (SSSR count). The Morgan fingerprint density at radius 3 is 2.70 bits per heavy atom. The van der Waals surface area contributed by atoms with E-state index in [4.69, 9.17) is 10.5 Å². The van der Waals surface area contributed by atoms with Gasteiger partial charge in [-0.05, 0) is 32.4 Å². The summed E-state index contributed by atoms with van der Waals surface area (Å²) in [7, 11) is -3.59. The molecular weight excluding hydrogens is 278 g/mol. The van der Waals surface area contributed by atoms with Crippen molar-refractivity contribution in [1.29, 1.82) is 0 Å². The molecule has 0 bridgehead atoms. The summed E-state index contributed by atoms with van der Waals surface area (Å²) < 4.78 is 32.4. The third-order valence-corrected chi connectivity index (χ3v) is 4.90. The van der Waals surface area contributed by atoms with E-state index < -0.39 is 15.6 Å². The van der Waals surface area contributed by atoms with Crippen molar-refractivity contribution in [2.75, 3.05) is 13.1 Å². The predicted octanol–water partition coefficient (Wildman–Crippen LogP) is 0.728. The van der Waals surface area contributed by atoms with Gasteiger partial charge in [0.15, 0.2) is 5.03 Å². The number of hydrogen-bond acceptors (Lipinski definition) is 5. The Hall–Kier alpha value is -1.02. The van der Waals surface area contributed by atoms with Crippen LogP contribution in [0, 0.1) is 0 Å². The van der Waals surface area contributed by atoms with E-state index in [2.05, 4.69) is 4.98 Å². The number of hydrogen-bond donors (Lipinski definition) is 1. The molecule has 1 unspecified atom stereocenters. The van der Waals surface area contributed by atoms with E-state index in [0.29, 0.717) is 19.6 Å². The first-order valence-corrected chi connectivity index (χ1v) is 8.01. The van der Waals surface area contributed by atoms with Crippen LogP contribution in [-0.2, 0) is 21.3 Å². The minimum absolute atomic E-state index is 0.0552. The summed E-state index contributed by atoms with van der Waals surface area (Å²) in [6.07, 6.45) is 1.36. The maximum absolute atomic E-state index is 12.6. The molecule has 0 saturated carbocycles. The molecule has 1 saturated heterocycles. The Bertz CT molecular complexity index is 569. The van der Waals surface area contributed by atoms with Gasteiger partial charge < -0.3 is 10.5 Å². The van der Waals surface area contributed by atoms with Crippen molar-refractivity contribution in [3.63, 3.8) is 0 Å². The van der Waals surface area contributed by atoms with Gasteiger partial charge in [-0.15, -0.1) is 0 Å². The summed E-state index contributed by atoms with van der Waals surface area (Å²) >= 11 is 0. The van der Waals surface area contributed by atoms with Crippen LogP contribution in [0.1, 0.15) is 26.3 Å². The molecule has 20 heavy (non-hydrogen) atoms. The lowest BCUT2D eigenvalue weighted by atomic mass is 10.1. The largest absolute Gasteiger partial charge is 0.370 e. The Morgan fingerprint density at radius 1 is 1.50 bits per heavy atom. The van der Waals surface area contributed by atoms with Crippen LogP contribution in [0.2, 0.25) is 0 Å². The van der Waals surface area contributed by atoms with E-state index in [1.54, 1.807) is 6.07 Å². The molecule has 0 aromatic carbocycles. The van der Waals surface area contributed by atoms with Gasteiger partial charge in [-0.3, -0.25) is 0 Å². The molecule has 1 aliphatic rings. The summed E-state index contributed by atoms with van der Waals surface area (Å²) in [6, 6.07) is 3.19. The van der Waals surface area contributed by atoms with Crippen LogP contribution in [0.25, 0.3) is 0 Å². The van der Waals surface area contributed by atoms with Crippen molar-refractivity contribution >= 4 is 10.0 Å². The molecule has 0 amide bonds. The number of sulfonamides is 1. The predicted molar refractivity (Wildman–Crippen MR) is 75.5 cm³/mol. The van der Waals surface area contributed by atoms with Crippen LogP contribution in [0.3, 0.4) is 0 Å². The molecule has 0 radical (unpaired) electrons. The number of morpholine rings is 1. The van der Waals surface area contributed by atoms with Crippen molar-refractivity contribution in [3.05, 3.63) is 23.9 Å². The van der Waals surface area contributed by atoms with Crippen molar-refractivity contribution in [3.8, 4) is 0 Å². The Balaban J connectivity index is 2.29. The first kappa shape index (κ1) is 15.4. The van der Waals surface area contributed by atoms with E-state index in [-0.39, 0.29) is 11.1 Å². The highest BCUT2D eigenvalue weighted by molar-refractivity contribution is 7.89. The van der Waals surface area contributed by atoms with Gasteiger partial charge in [-0.2, -0.15) is 4.31 Å². The molecule has 1 fully saturated rings. The summed E-state index contributed by atoms with van der Waals surface area (Å²) in [6.45, 7) is 6.64. The number of nitrogens with two attached hydrogens (primary N) is 1. The molecule has 1 aliphatic heterocycles. The number of pyridine rings is 1. The third-order valence-electron chi connectivity index (χ3n) is 3.18. The normalized spacial score (nSPS) is 23.7. The van der Waals surface area contributed by atoms with Gasteiger partial charge in [0.25, 0.3) is 10.0 Å². The second-order valence-corrected chi connectivity index (χ2v) is 7.58. The molecule has 2 heterocycles. The van der Waals surface area contributed by atoms with Crippen LogP contribution >= 0.6 is 0 Å². The molecule has 1 atom stereocenters. The fourth-order valence-corrected chi connectivity index (χ4v) is 3.97. The summed E-state index contributed by atoms with van der Waals surface area (Å²) in [5.41, 5.74) is 5.80. The SMILES string of the molecule is CC1CN(S(=O)(=O)c2ccc(CN)cn2)CC(C)(C)O1. The molecule has 1 aromatic rings. The highest BCUT2D eigenvalue weighted by Crippen LogP contribution is 2.25. The minimum Gasteiger partial charge on any atom is -0.370 e. The van der Waals surface area contributed by atoms with Crippen molar-refractivity contribution < 1.29 is 13.2 Å². The lowest BCUT2D eigenvalue weighted by molar-refractivity contribution is -0.109. The molecule has 112 valence electrons. The van der Waals surface area contributed by atoms with Crippen LogP contribution in [0.15, 0.2) is 23.4 Å². The fourth-order valence-electron chi connectivity index (χ4n) is 2.39. The standard InChI is InChI=1S/C13H21N3O3S/c1-10-8-16(9-13(2,3)19-10)20(17,18)12-5-4-11(6-14)7-15-12/h4-5,7,10H,6,8-9,14H2,1-3H3. The van der Waals surface area contributed by atoms with E-state index >= 15 is 0 Å². The fraction of sp³-hybridized carbons (Fsp3) is 0.615. The average molecular weight is 299 g/mol. The first-order valence-electron chi connectivity index (χ1n) is 6.57. The first-order chi connectivity index (χ1) is 9.24. The molecule has 0 aliphatic carbocycles. The third kappa shape index (κ3) is 3.17. The lowest BCUT2D eigenvalue weighted by Crippen LogP contribution is -2.53. The van der Waals surface area contributed by atoms with E-state index in [1.165, 1.54) is 16.6 Å². The highest BCUT2D eigenvalue weighted by Gasteiger charge is 2.38. The van der Waals surface area contributed by atoms with Gasteiger partial charge in [0.2, 0.25) is 0 Å². The average Bonchev–Trinajstić information content (AvgIpc) is 2.36. The quantitative estimate of drug-likeness (QED) is 0.889. The van der Waals surface area contributed by atoms with Crippen molar-refractivity contribution in [2.45, 2.75) is 44.0 Å². The molecule has 2 N–H and O–H groups in total. The van der Waals surface area contributed by atoms with Gasteiger partial charge in [0.05, 0.1) is 11.7 Å². The lowest BCUT2D eigenvalue weighted by Gasteiger charge is -2.40. The molecular formula is C13H21N3O3S. The molecule has 1 aromatic heterocycles. The smallest absolute Gasteiger partial charge is 0.260 e. The van der Waals surface area contributed by atoms with E-state index in [9.17, 15) is 8.42 Å². The Kier molecular flexibility index (Phi) is 4.15. The van der Waals surface area contributed by atoms with Crippen molar-refractivity contribution in [1.82, 2.24) is 9.29 Å². The Labute approximate surface area is 120 Å². The van der Waals surface area contributed by atoms with Crippen LogP contribution in [0.5, 0.6) is 0 Å². The second kappa shape index (κ2) is 5.40. The van der Waals surface area contributed by atoms with Crippen LogP contribution in [-0.4, -0.2) is 42.5 Å². The van der Waals surface area contributed by atoms with Gasteiger partial charge in [-0.25, -0.2) is 13.4 Å². The zero-order chi connectivity index (χ0) is 15.0. The summed E-state index contributed by atoms with van der Waals surface area (Å²) in [5.74, 6) is 0. The van der Waals surface area contributed by atoms with E-state index in [1.807, 2.05) is 20.8 Å². The molecule has 0 spiro atoms. The van der Waals surface area contributed by atoms with Gasteiger partial charge >= 0.3 is 0 Å². The maximum Gasteiger partial charge on any atom is 0.260 e. The number of rotatable bonds is 3. The molecule has 7 heteroatoms. The van der Waals surface area contributed by atoms with Gasteiger partial charge in [-0.1, -0.05) is 6.07 Å². The highest BCUT2D eigenvalue weighted by atomic mass is 32.2. The van der Waals surface area contributed by atoms with Gasteiger partial charge in [0.1, 0.15) is 0 Å². The summed E-state index contributed by atoms with van der Waals surface area (Å²) in [5, 5.41) is 0.0552. The molecule has 6 nitrogen and oxygen atoms in total. The van der Waals surface area contributed by atoms with Gasteiger partial charge in [0, 0.05) is 25.8 Å². The number of ether oxygens (including phenoxy) is 1. The topological polar surface area (TPSA) is 85.5 Å². The monoisotopic (exact) mass is 299 g/mol. The Morgan fingerprint density at radius 2 is 2.20 bits per heavy atom. The van der Waals surface area contributed by atoms with E-state index in [0.717, 1.165) is 5.56 Å². The number of aromatic nitrogens is 1. The zero-order valence-corrected chi connectivity index (χ0v) is 12.9.